The first-order chi connectivity index (χ1) is 9.65. The number of rotatable bonds is 6. The number of nitriles is 1. The zero-order valence-corrected chi connectivity index (χ0v) is 11.5. The quantitative estimate of drug-likeness (QED) is 0.620. The standard InChI is InChI=1S/C13H15N3O4/c1-18-10-6-9(7-11(19-2)13(10)20-3)8-15-16-12(17)4-5-14/h6-8H,4H2,1-3H3,(H,16,17). The fourth-order valence-corrected chi connectivity index (χ4v) is 1.47. The number of carbonyl (C=O) groups excluding carboxylic acids is 1. The lowest BCUT2D eigenvalue weighted by Gasteiger charge is -2.12. The molecule has 0 bridgehead atoms. The van der Waals surface area contributed by atoms with Gasteiger partial charge in [-0.3, -0.25) is 4.79 Å². The van der Waals surface area contributed by atoms with Crippen LogP contribution in [0.3, 0.4) is 0 Å². The zero-order valence-electron chi connectivity index (χ0n) is 11.5. The number of carbonyl (C=O) groups is 1. The summed E-state index contributed by atoms with van der Waals surface area (Å²) in [6.45, 7) is 0. The highest BCUT2D eigenvalue weighted by Crippen LogP contribution is 2.37. The van der Waals surface area contributed by atoms with Crippen LogP contribution in [0.15, 0.2) is 17.2 Å². The third kappa shape index (κ3) is 3.88. The summed E-state index contributed by atoms with van der Waals surface area (Å²) in [6, 6.07) is 5.09. The van der Waals surface area contributed by atoms with Crippen LogP contribution >= 0.6 is 0 Å². The number of hydrogen-bond acceptors (Lipinski definition) is 6. The second-order valence-electron chi connectivity index (χ2n) is 3.59. The molecule has 0 spiro atoms. The number of benzene rings is 1. The molecule has 1 aromatic rings. The Labute approximate surface area is 116 Å². The SMILES string of the molecule is COc1cc(C=NNC(=O)CC#N)cc(OC)c1OC. The van der Waals surface area contributed by atoms with Crippen molar-refractivity contribution in [2.45, 2.75) is 6.42 Å². The molecule has 0 aromatic heterocycles. The predicted octanol–water partition coefficient (Wildman–Crippen LogP) is 1.08. The molecule has 1 aromatic carbocycles. The topological polar surface area (TPSA) is 92.9 Å². The van der Waals surface area contributed by atoms with Crippen LogP contribution in [0.1, 0.15) is 12.0 Å². The Morgan fingerprint density at radius 2 is 1.90 bits per heavy atom. The van der Waals surface area contributed by atoms with Gasteiger partial charge >= 0.3 is 0 Å². The van der Waals surface area contributed by atoms with Crippen molar-refractivity contribution in [3.8, 4) is 23.3 Å². The Kier molecular flexibility index (Phi) is 5.84. The van der Waals surface area contributed by atoms with E-state index in [0.29, 0.717) is 22.8 Å². The normalized spacial score (nSPS) is 9.90. The molecule has 0 saturated carbocycles. The van der Waals surface area contributed by atoms with Crippen LogP contribution in [0.25, 0.3) is 0 Å². The summed E-state index contributed by atoms with van der Waals surface area (Å²) in [5.74, 6) is 0.963. The minimum Gasteiger partial charge on any atom is -0.493 e. The molecule has 0 heterocycles. The van der Waals surface area contributed by atoms with Gasteiger partial charge in [0.25, 0.3) is 5.91 Å². The molecule has 7 heteroatoms. The molecule has 0 unspecified atom stereocenters. The molecule has 20 heavy (non-hydrogen) atoms. The number of hydrazone groups is 1. The van der Waals surface area contributed by atoms with Gasteiger partial charge in [0.15, 0.2) is 11.5 Å². The van der Waals surface area contributed by atoms with Gasteiger partial charge in [-0.1, -0.05) is 0 Å². The van der Waals surface area contributed by atoms with E-state index in [-0.39, 0.29) is 6.42 Å². The van der Waals surface area contributed by atoms with Gasteiger partial charge < -0.3 is 14.2 Å². The minimum absolute atomic E-state index is 0.243. The Bertz CT molecular complexity index is 524. The lowest BCUT2D eigenvalue weighted by Crippen LogP contribution is -2.16. The van der Waals surface area contributed by atoms with E-state index in [4.69, 9.17) is 19.5 Å². The Balaban J connectivity index is 2.94. The third-order valence-corrected chi connectivity index (χ3v) is 2.33. The van der Waals surface area contributed by atoms with Crippen LogP contribution in [-0.4, -0.2) is 33.5 Å². The lowest BCUT2D eigenvalue weighted by molar-refractivity contribution is -0.120. The molecule has 1 amide bonds. The van der Waals surface area contributed by atoms with E-state index < -0.39 is 5.91 Å². The van der Waals surface area contributed by atoms with Gasteiger partial charge in [0.1, 0.15) is 6.42 Å². The molecule has 0 aliphatic heterocycles. The molecule has 0 aliphatic rings. The number of methoxy groups -OCH3 is 3. The van der Waals surface area contributed by atoms with E-state index in [9.17, 15) is 4.79 Å². The van der Waals surface area contributed by atoms with E-state index in [1.807, 2.05) is 0 Å². The first-order valence-electron chi connectivity index (χ1n) is 5.65. The van der Waals surface area contributed by atoms with E-state index in [2.05, 4.69) is 10.5 Å². The van der Waals surface area contributed by atoms with Gasteiger partial charge in [-0.2, -0.15) is 10.4 Å². The predicted molar refractivity (Wildman–Crippen MR) is 72.1 cm³/mol. The van der Waals surface area contributed by atoms with Gasteiger partial charge in [-0.15, -0.1) is 0 Å². The maximum Gasteiger partial charge on any atom is 0.254 e. The van der Waals surface area contributed by atoms with Crippen molar-refractivity contribution in [1.82, 2.24) is 5.43 Å². The summed E-state index contributed by atoms with van der Waals surface area (Å²) < 4.78 is 15.6. The summed E-state index contributed by atoms with van der Waals surface area (Å²) in [7, 11) is 4.52. The molecule has 0 atom stereocenters. The molecular weight excluding hydrogens is 262 g/mol. The highest BCUT2D eigenvalue weighted by atomic mass is 16.5. The van der Waals surface area contributed by atoms with Gasteiger partial charge in [-0.05, 0) is 12.1 Å². The van der Waals surface area contributed by atoms with Crippen molar-refractivity contribution in [3.05, 3.63) is 17.7 Å². The fourth-order valence-electron chi connectivity index (χ4n) is 1.47. The smallest absolute Gasteiger partial charge is 0.254 e. The Hall–Kier alpha value is -2.75. The van der Waals surface area contributed by atoms with Crippen molar-refractivity contribution in [3.63, 3.8) is 0 Å². The number of nitrogens with one attached hydrogen (secondary N) is 1. The van der Waals surface area contributed by atoms with E-state index in [0.717, 1.165) is 0 Å². The van der Waals surface area contributed by atoms with Crippen molar-refractivity contribution in [1.29, 1.82) is 5.26 Å². The van der Waals surface area contributed by atoms with Crippen molar-refractivity contribution >= 4 is 12.1 Å². The molecule has 106 valence electrons. The molecule has 0 aliphatic carbocycles. The summed E-state index contributed by atoms with van der Waals surface area (Å²) in [4.78, 5) is 11.1. The van der Waals surface area contributed by atoms with Crippen LogP contribution in [0.5, 0.6) is 17.2 Å². The Morgan fingerprint density at radius 3 is 2.35 bits per heavy atom. The van der Waals surface area contributed by atoms with Crippen LogP contribution in [0, 0.1) is 11.3 Å². The van der Waals surface area contributed by atoms with Gasteiger partial charge in [-0.25, -0.2) is 5.43 Å². The second kappa shape index (κ2) is 7.63. The summed E-state index contributed by atoms with van der Waals surface area (Å²) in [5, 5.41) is 12.1. The van der Waals surface area contributed by atoms with Gasteiger partial charge in [0.2, 0.25) is 5.75 Å². The molecule has 0 saturated heterocycles. The largest absolute Gasteiger partial charge is 0.493 e. The Morgan fingerprint density at radius 1 is 1.30 bits per heavy atom. The summed E-state index contributed by atoms with van der Waals surface area (Å²) in [6.07, 6.45) is 1.17. The molecule has 7 nitrogen and oxygen atoms in total. The molecular formula is C13H15N3O4. The van der Waals surface area contributed by atoms with E-state index in [1.54, 1.807) is 18.2 Å². The summed E-state index contributed by atoms with van der Waals surface area (Å²) >= 11 is 0. The van der Waals surface area contributed by atoms with Crippen LogP contribution in [-0.2, 0) is 4.79 Å². The van der Waals surface area contributed by atoms with Crippen LogP contribution in [0.2, 0.25) is 0 Å². The second-order valence-corrected chi connectivity index (χ2v) is 3.59. The molecule has 0 radical (unpaired) electrons. The maximum atomic E-state index is 11.1. The highest BCUT2D eigenvalue weighted by molar-refractivity contribution is 5.84. The average molecular weight is 277 g/mol. The fraction of sp³-hybridized carbons (Fsp3) is 0.308. The number of nitrogens with zero attached hydrogens (tertiary/aromatic N) is 2. The van der Waals surface area contributed by atoms with Gasteiger partial charge in [0.05, 0.1) is 33.6 Å². The van der Waals surface area contributed by atoms with Gasteiger partial charge in [0, 0.05) is 5.56 Å². The third-order valence-electron chi connectivity index (χ3n) is 2.33. The number of amides is 1. The average Bonchev–Trinajstić information content (AvgIpc) is 2.46. The number of ether oxygens (including phenoxy) is 3. The molecule has 0 fully saturated rings. The van der Waals surface area contributed by atoms with Crippen molar-refractivity contribution in [2.24, 2.45) is 5.10 Å². The van der Waals surface area contributed by atoms with E-state index >= 15 is 0 Å². The minimum atomic E-state index is -0.476. The lowest BCUT2D eigenvalue weighted by atomic mass is 10.2. The zero-order chi connectivity index (χ0) is 15.0. The van der Waals surface area contributed by atoms with Crippen LogP contribution in [0.4, 0.5) is 0 Å². The van der Waals surface area contributed by atoms with Crippen molar-refractivity contribution in [2.75, 3.05) is 21.3 Å². The monoisotopic (exact) mass is 277 g/mol. The molecule has 1 rings (SSSR count). The highest BCUT2D eigenvalue weighted by Gasteiger charge is 2.12. The maximum absolute atomic E-state index is 11.1. The molecule has 1 N–H and O–H groups in total. The van der Waals surface area contributed by atoms with E-state index in [1.165, 1.54) is 27.5 Å². The van der Waals surface area contributed by atoms with Crippen LogP contribution < -0.4 is 19.6 Å². The number of hydrogen-bond donors (Lipinski definition) is 1. The first-order valence-corrected chi connectivity index (χ1v) is 5.65. The first kappa shape index (κ1) is 15.3. The van der Waals surface area contributed by atoms with Crippen molar-refractivity contribution < 1.29 is 19.0 Å². The summed E-state index contributed by atoms with van der Waals surface area (Å²) in [5.41, 5.74) is 2.88.